The highest BCUT2D eigenvalue weighted by atomic mass is 16.5. The van der Waals surface area contributed by atoms with E-state index in [-0.39, 0.29) is 23.1 Å². The van der Waals surface area contributed by atoms with Crippen LogP contribution in [0.15, 0.2) is 66.7 Å². The summed E-state index contributed by atoms with van der Waals surface area (Å²) in [6, 6.07) is 20.0. The molecule has 0 radical (unpaired) electrons. The SMILES string of the molecule is COc1ccc(-n2c(C(N)=O)nnc2-c2cc(CCCc3ccccc3)c(O)cc2O)cc1. The van der Waals surface area contributed by atoms with Crippen LogP contribution in [0.5, 0.6) is 17.2 Å². The number of carbonyl (C=O) groups excluding carboxylic acids is 1. The van der Waals surface area contributed by atoms with E-state index in [2.05, 4.69) is 22.3 Å². The number of nitrogens with zero attached hydrogens (tertiary/aromatic N) is 3. The number of nitrogens with two attached hydrogens (primary N) is 1. The van der Waals surface area contributed by atoms with Gasteiger partial charge in [0.2, 0.25) is 5.82 Å². The number of aromatic nitrogens is 3. The number of carbonyl (C=O) groups is 1. The van der Waals surface area contributed by atoms with Crippen molar-refractivity contribution < 1.29 is 19.7 Å². The van der Waals surface area contributed by atoms with Crippen LogP contribution in [0.3, 0.4) is 0 Å². The maximum absolute atomic E-state index is 12.0. The third kappa shape index (κ3) is 4.64. The van der Waals surface area contributed by atoms with Gasteiger partial charge in [-0.3, -0.25) is 9.36 Å². The van der Waals surface area contributed by atoms with Gasteiger partial charge >= 0.3 is 0 Å². The molecular formula is C25H24N4O4. The molecule has 0 aliphatic carbocycles. The lowest BCUT2D eigenvalue weighted by Crippen LogP contribution is -2.17. The Hall–Kier alpha value is -4.33. The molecule has 8 nitrogen and oxygen atoms in total. The van der Waals surface area contributed by atoms with Crippen molar-refractivity contribution in [2.75, 3.05) is 7.11 Å². The molecule has 33 heavy (non-hydrogen) atoms. The topological polar surface area (TPSA) is 123 Å². The smallest absolute Gasteiger partial charge is 0.287 e. The monoisotopic (exact) mass is 444 g/mol. The Labute approximate surface area is 190 Å². The molecule has 1 aromatic heterocycles. The molecule has 0 unspecified atom stereocenters. The van der Waals surface area contributed by atoms with Gasteiger partial charge in [0.15, 0.2) is 5.82 Å². The largest absolute Gasteiger partial charge is 0.508 e. The molecule has 1 heterocycles. The van der Waals surface area contributed by atoms with E-state index in [1.54, 1.807) is 37.4 Å². The molecule has 8 heteroatoms. The van der Waals surface area contributed by atoms with Gasteiger partial charge in [0.05, 0.1) is 12.7 Å². The summed E-state index contributed by atoms with van der Waals surface area (Å²) in [7, 11) is 1.56. The summed E-state index contributed by atoms with van der Waals surface area (Å²) in [5.41, 5.74) is 8.29. The molecule has 0 saturated carbocycles. The van der Waals surface area contributed by atoms with E-state index in [4.69, 9.17) is 10.5 Å². The fourth-order valence-electron chi connectivity index (χ4n) is 3.72. The van der Waals surface area contributed by atoms with Gasteiger partial charge < -0.3 is 20.7 Å². The first-order valence-electron chi connectivity index (χ1n) is 10.5. The van der Waals surface area contributed by atoms with Crippen molar-refractivity contribution in [2.24, 2.45) is 5.73 Å². The van der Waals surface area contributed by atoms with E-state index in [0.717, 1.165) is 12.8 Å². The maximum Gasteiger partial charge on any atom is 0.287 e. The number of phenols is 2. The van der Waals surface area contributed by atoms with E-state index >= 15 is 0 Å². The zero-order valence-corrected chi connectivity index (χ0v) is 18.1. The van der Waals surface area contributed by atoms with Crippen molar-refractivity contribution >= 4 is 5.91 Å². The molecule has 0 bridgehead atoms. The number of primary amides is 1. The Kier molecular flexibility index (Phi) is 6.26. The number of methoxy groups -OCH3 is 1. The van der Waals surface area contributed by atoms with Crippen molar-refractivity contribution in [1.82, 2.24) is 14.8 Å². The quantitative estimate of drug-likeness (QED) is 0.381. The van der Waals surface area contributed by atoms with Crippen molar-refractivity contribution in [1.29, 1.82) is 0 Å². The Morgan fingerprint density at radius 1 is 0.970 bits per heavy atom. The fraction of sp³-hybridized carbons (Fsp3) is 0.160. The summed E-state index contributed by atoms with van der Waals surface area (Å²) in [6.45, 7) is 0. The molecule has 0 atom stereocenters. The Balaban J connectivity index is 1.71. The number of hydrogen-bond donors (Lipinski definition) is 3. The van der Waals surface area contributed by atoms with Crippen LogP contribution in [0, 0.1) is 0 Å². The fourth-order valence-corrected chi connectivity index (χ4v) is 3.72. The Morgan fingerprint density at radius 2 is 1.70 bits per heavy atom. The van der Waals surface area contributed by atoms with E-state index in [9.17, 15) is 15.0 Å². The van der Waals surface area contributed by atoms with Crippen LogP contribution in [0.1, 0.15) is 28.2 Å². The van der Waals surface area contributed by atoms with Gasteiger partial charge in [-0.15, -0.1) is 10.2 Å². The molecule has 0 saturated heterocycles. The lowest BCUT2D eigenvalue weighted by Gasteiger charge is -2.13. The van der Waals surface area contributed by atoms with Gasteiger partial charge in [0.25, 0.3) is 5.91 Å². The van der Waals surface area contributed by atoms with Gasteiger partial charge in [-0.1, -0.05) is 30.3 Å². The molecule has 0 fully saturated rings. The first kappa shape index (κ1) is 21.9. The second-order valence-corrected chi connectivity index (χ2v) is 7.58. The van der Waals surface area contributed by atoms with Gasteiger partial charge in [-0.25, -0.2) is 0 Å². The number of aryl methyl sites for hydroxylation is 2. The highest BCUT2D eigenvalue weighted by Gasteiger charge is 2.22. The number of amides is 1. The van der Waals surface area contributed by atoms with E-state index in [1.807, 2.05) is 18.2 Å². The van der Waals surface area contributed by atoms with Crippen LogP contribution in [0.4, 0.5) is 0 Å². The highest BCUT2D eigenvalue weighted by Crippen LogP contribution is 2.36. The molecule has 0 aliphatic heterocycles. The summed E-state index contributed by atoms with van der Waals surface area (Å²) >= 11 is 0. The van der Waals surface area contributed by atoms with Crippen LogP contribution in [0.25, 0.3) is 17.1 Å². The lowest BCUT2D eigenvalue weighted by atomic mass is 10.0. The first-order valence-corrected chi connectivity index (χ1v) is 10.5. The normalized spacial score (nSPS) is 10.8. The molecular weight excluding hydrogens is 420 g/mol. The molecule has 168 valence electrons. The van der Waals surface area contributed by atoms with Gasteiger partial charge in [0, 0.05) is 11.8 Å². The number of benzene rings is 3. The molecule has 3 aromatic carbocycles. The predicted molar refractivity (Wildman–Crippen MR) is 124 cm³/mol. The summed E-state index contributed by atoms with van der Waals surface area (Å²) in [4.78, 5) is 12.0. The minimum absolute atomic E-state index is 0.00468. The lowest BCUT2D eigenvalue weighted by molar-refractivity contribution is 0.0988. The highest BCUT2D eigenvalue weighted by molar-refractivity contribution is 5.90. The Morgan fingerprint density at radius 3 is 2.36 bits per heavy atom. The number of rotatable bonds is 8. The average molecular weight is 444 g/mol. The second-order valence-electron chi connectivity index (χ2n) is 7.58. The van der Waals surface area contributed by atoms with Crippen molar-refractivity contribution in [2.45, 2.75) is 19.3 Å². The molecule has 0 spiro atoms. The first-order chi connectivity index (χ1) is 16.0. The standard InChI is InChI=1S/C25H24N4O4/c1-33-19-12-10-18(11-13-19)29-24(27-28-25(29)23(26)32)20-14-17(21(30)15-22(20)31)9-5-8-16-6-3-2-4-7-16/h2-4,6-7,10-15,30-31H,5,8-9H2,1H3,(H2,26,32). The van der Waals surface area contributed by atoms with Crippen LogP contribution < -0.4 is 10.5 Å². The number of aromatic hydroxyl groups is 2. The average Bonchev–Trinajstić information content (AvgIpc) is 3.26. The molecule has 4 aromatic rings. The zero-order chi connectivity index (χ0) is 23.4. The number of ether oxygens (including phenoxy) is 1. The molecule has 4 rings (SSSR count). The summed E-state index contributed by atoms with van der Waals surface area (Å²) < 4.78 is 6.67. The number of hydrogen-bond acceptors (Lipinski definition) is 6. The zero-order valence-electron chi connectivity index (χ0n) is 18.1. The summed E-state index contributed by atoms with van der Waals surface area (Å²) in [6.07, 6.45) is 2.25. The van der Waals surface area contributed by atoms with Gasteiger partial charge in [-0.05, 0) is 60.7 Å². The summed E-state index contributed by atoms with van der Waals surface area (Å²) in [5.74, 6) is -0.149. The minimum atomic E-state index is -0.758. The van der Waals surface area contributed by atoms with Crippen molar-refractivity contribution in [3.8, 4) is 34.3 Å². The van der Waals surface area contributed by atoms with E-state index in [1.165, 1.54) is 16.2 Å². The van der Waals surface area contributed by atoms with E-state index in [0.29, 0.717) is 29.0 Å². The molecule has 4 N–H and O–H groups in total. The van der Waals surface area contributed by atoms with Crippen molar-refractivity contribution in [3.63, 3.8) is 0 Å². The number of phenolic OH excluding ortho intramolecular Hbond substituents is 2. The molecule has 1 amide bonds. The predicted octanol–water partition coefficient (Wildman–Crippen LogP) is 3.63. The van der Waals surface area contributed by atoms with Gasteiger partial charge in [0.1, 0.15) is 17.2 Å². The third-order valence-corrected chi connectivity index (χ3v) is 5.41. The van der Waals surface area contributed by atoms with Crippen LogP contribution in [-0.2, 0) is 12.8 Å². The van der Waals surface area contributed by atoms with Crippen LogP contribution in [0.2, 0.25) is 0 Å². The maximum atomic E-state index is 12.0. The second kappa shape index (κ2) is 9.44. The molecule has 0 aliphatic rings. The van der Waals surface area contributed by atoms with Crippen LogP contribution >= 0.6 is 0 Å². The van der Waals surface area contributed by atoms with E-state index < -0.39 is 5.91 Å². The third-order valence-electron chi connectivity index (χ3n) is 5.41. The van der Waals surface area contributed by atoms with Crippen molar-refractivity contribution in [3.05, 3.63) is 83.7 Å². The minimum Gasteiger partial charge on any atom is -0.508 e. The summed E-state index contributed by atoms with van der Waals surface area (Å²) in [5, 5.41) is 29.1. The van der Waals surface area contributed by atoms with Crippen LogP contribution in [-0.4, -0.2) is 38.0 Å². The van der Waals surface area contributed by atoms with Gasteiger partial charge in [-0.2, -0.15) is 0 Å². The Bertz CT molecular complexity index is 1270.